The molecule has 6 nitrogen and oxygen atoms in total. The average Bonchev–Trinajstić information content (AvgIpc) is 2.31. The van der Waals surface area contributed by atoms with Crippen molar-refractivity contribution in [2.24, 2.45) is 0 Å². The van der Waals surface area contributed by atoms with Crippen LogP contribution in [0.3, 0.4) is 0 Å². The van der Waals surface area contributed by atoms with Crippen molar-refractivity contribution in [3.05, 3.63) is 10.1 Å². The van der Waals surface area contributed by atoms with Gasteiger partial charge in [-0.15, -0.1) is 10.1 Å². The zero-order valence-corrected chi connectivity index (χ0v) is 13.3. The summed E-state index contributed by atoms with van der Waals surface area (Å²) in [5.41, 5.74) is 0. The van der Waals surface area contributed by atoms with Crippen LogP contribution in [0.2, 0.25) is 0 Å². The summed E-state index contributed by atoms with van der Waals surface area (Å²) in [4.78, 5) is 10.4. The van der Waals surface area contributed by atoms with E-state index in [2.05, 4.69) is 11.8 Å². The van der Waals surface area contributed by atoms with E-state index >= 15 is 0 Å². The Balaban J connectivity index is 0. The lowest BCUT2D eigenvalue weighted by Crippen LogP contribution is -2.25. The molecule has 20 heavy (non-hydrogen) atoms. The second-order valence-electron chi connectivity index (χ2n) is 5.42. The fourth-order valence-electron chi connectivity index (χ4n) is 2.03. The first-order valence-corrected chi connectivity index (χ1v) is 7.56. The first-order valence-electron chi connectivity index (χ1n) is 7.56. The van der Waals surface area contributed by atoms with Crippen LogP contribution in [0.25, 0.3) is 0 Å². The molecule has 0 saturated heterocycles. The maximum atomic E-state index is 9.65. The van der Waals surface area contributed by atoms with E-state index in [1.165, 1.54) is 51.4 Å². The highest BCUT2D eigenvalue weighted by molar-refractivity contribution is 4.59. The number of aliphatic hydroxyl groups is 1. The molecular formula is C14H32N2O4. The van der Waals surface area contributed by atoms with Crippen molar-refractivity contribution in [2.75, 3.05) is 20.6 Å². The monoisotopic (exact) mass is 292 g/mol. The third-order valence-corrected chi connectivity index (χ3v) is 2.97. The molecule has 0 aromatic rings. The molecule has 2 N–H and O–H groups in total. The average molecular weight is 292 g/mol. The van der Waals surface area contributed by atoms with Crippen molar-refractivity contribution < 1.29 is 15.4 Å². The third kappa shape index (κ3) is 25.8. The number of aliphatic hydroxyl groups excluding tert-OH is 1. The van der Waals surface area contributed by atoms with E-state index in [0.29, 0.717) is 0 Å². The SMILES string of the molecule is CCCCCCCCCCC(O)CN(C)C.O=[N+]([O-])O. The zero-order valence-electron chi connectivity index (χ0n) is 13.3. The predicted octanol–water partition coefficient (Wildman–Crippen LogP) is 3.09. The van der Waals surface area contributed by atoms with Crippen LogP contribution >= 0.6 is 0 Å². The number of unbranched alkanes of at least 4 members (excludes halogenated alkanes) is 7. The summed E-state index contributed by atoms with van der Waals surface area (Å²) < 4.78 is 0. The van der Waals surface area contributed by atoms with Gasteiger partial charge in [0.1, 0.15) is 0 Å². The topological polar surface area (TPSA) is 86.8 Å². The summed E-state index contributed by atoms with van der Waals surface area (Å²) in [5, 5.41) is 23.3. The van der Waals surface area contributed by atoms with E-state index < -0.39 is 5.09 Å². The van der Waals surface area contributed by atoms with Crippen LogP contribution in [0.4, 0.5) is 0 Å². The standard InChI is InChI=1S/C14H31NO.HNO3/c1-4-5-6-7-8-9-10-11-12-14(16)13-15(2)3;2-1(3)4/h14,16H,4-13H2,1-3H3;(H,2,3,4). The van der Waals surface area contributed by atoms with Crippen molar-refractivity contribution in [2.45, 2.75) is 70.8 Å². The van der Waals surface area contributed by atoms with Crippen LogP contribution in [0.1, 0.15) is 64.7 Å². The molecular weight excluding hydrogens is 260 g/mol. The number of nitrogens with zero attached hydrogens (tertiary/aromatic N) is 2. The summed E-state index contributed by atoms with van der Waals surface area (Å²) in [6.45, 7) is 3.06. The summed E-state index contributed by atoms with van der Waals surface area (Å²) >= 11 is 0. The minimum absolute atomic E-state index is 0.130. The zero-order chi connectivity index (χ0) is 15.8. The summed E-state index contributed by atoms with van der Waals surface area (Å²) in [7, 11) is 4.02. The van der Waals surface area contributed by atoms with Gasteiger partial charge in [-0.1, -0.05) is 58.3 Å². The molecule has 0 aromatic heterocycles. The fourth-order valence-corrected chi connectivity index (χ4v) is 2.03. The Bertz CT molecular complexity index is 209. The quantitative estimate of drug-likeness (QED) is 0.347. The molecule has 0 aromatic carbocycles. The highest BCUT2D eigenvalue weighted by Gasteiger charge is 2.04. The highest BCUT2D eigenvalue weighted by atomic mass is 16.9. The largest absolute Gasteiger partial charge is 0.392 e. The van der Waals surface area contributed by atoms with Gasteiger partial charge < -0.3 is 15.2 Å². The lowest BCUT2D eigenvalue weighted by Gasteiger charge is -2.15. The van der Waals surface area contributed by atoms with Crippen molar-refractivity contribution in [1.82, 2.24) is 4.90 Å². The van der Waals surface area contributed by atoms with Gasteiger partial charge >= 0.3 is 0 Å². The molecule has 0 amide bonds. The van der Waals surface area contributed by atoms with Crippen LogP contribution in [-0.2, 0) is 0 Å². The van der Waals surface area contributed by atoms with E-state index in [1.807, 2.05) is 14.1 Å². The Morgan fingerprint density at radius 1 is 1.05 bits per heavy atom. The smallest absolute Gasteiger partial charge is 0.291 e. The minimum atomic E-state index is -1.50. The molecule has 0 saturated carbocycles. The second-order valence-corrected chi connectivity index (χ2v) is 5.42. The van der Waals surface area contributed by atoms with Crippen molar-refractivity contribution >= 4 is 0 Å². The van der Waals surface area contributed by atoms with E-state index in [0.717, 1.165) is 13.0 Å². The Morgan fingerprint density at radius 2 is 1.45 bits per heavy atom. The lowest BCUT2D eigenvalue weighted by atomic mass is 10.1. The summed E-state index contributed by atoms with van der Waals surface area (Å²) in [5.74, 6) is 0. The van der Waals surface area contributed by atoms with Crippen molar-refractivity contribution in [1.29, 1.82) is 0 Å². The van der Waals surface area contributed by atoms with Crippen LogP contribution in [-0.4, -0.2) is 47.0 Å². The van der Waals surface area contributed by atoms with E-state index in [-0.39, 0.29) is 6.10 Å². The second kappa shape index (κ2) is 16.2. The van der Waals surface area contributed by atoms with Crippen LogP contribution in [0.5, 0.6) is 0 Å². The Hall–Kier alpha value is -0.880. The molecule has 1 atom stereocenters. The molecule has 0 aliphatic heterocycles. The molecule has 0 heterocycles. The van der Waals surface area contributed by atoms with E-state index in [9.17, 15) is 5.11 Å². The molecule has 1 unspecified atom stereocenters. The van der Waals surface area contributed by atoms with Crippen LogP contribution < -0.4 is 0 Å². The van der Waals surface area contributed by atoms with Gasteiger partial charge in [0.25, 0.3) is 5.09 Å². The minimum Gasteiger partial charge on any atom is -0.392 e. The Labute approximate surface area is 122 Å². The molecule has 0 aliphatic carbocycles. The number of hydrogen-bond acceptors (Lipinski definition) is 4. The maximum Gasteiger partial charge on any atom is 0.291 e. The molecule has 0 fully saturated rings. The number of rotatable bonds is 11. The van der Waals surface area contributed by atoms with Crippen LogP contribution in [0.15, 0.2) is 0 Å². The van der Waals surface area contributed by atoms with Gasteiger partial charge in [0, 0.05) is 6.54 Å². The van der Waals surface area contributed by atoms with Gasteiger partial charge in [0.2, 0.25) is 0 Å². The first-order chi connectivity index (χ1) is 9.40. The number of hydrogen-bond donors (Lipinski definition) is 2. The van der Waals surface area contributed by atoms with Gasteiger partial charge in [-0.3, -0.25) is 0 Å². The van der Waals surface area contributed by atoms with E-state index in [4.69, 9.17) is 15.3 Å². The fraction of sp³-hybridized carbons (Fsp3) is 1.00. The molecule has 6 heteroatoms. The normalized spacial score (nSPS) is 11.8. The lowest BCUT2D eigenvalue weighted by molar-refractivity contribution is -0.742. The van der Waals surface area contributed by atoms with Crippen LogP contribution in [0, 0.1) is 10.1 Å². The van der Waals surface area contributed by atoms with Gasteiger partial charge in [0.15, 0.2) is 0 Å². The predicted molar refractivity (Wildman–Crippen MR) is 80.6 cm³/mol. The number of likely N-dealkylation sites (N-methyl/N-ethyl adjacent to an activating group) is 1. The molecule has 0 rings (SSSR count). The third-order valence-electron chi connectivity index (χ3n) is 2.97. The highest BCUT2D eigenvalue weighted by Crippen LogP contribution is 2.10. The van der Waals surface area contributed by atoms with E-state index in [1.54, 1.807) is 0 Å². The molecule has 0 bridgehead atoms. The van der Waals surface area contributed by atoms with Crippen molar-refractivity contribution in [3.63, 3.8) is 0 Å². The summed E-state index contributed by atoms with van der Waals surface area (Å²) in [6.07, 6.45) is 11.6. The van der Waals surface area contributed by atoms with Gasteiger partial charge in [-0.2, -0.15) is 0 Å². The van der Waals surface area contributed by atoms with Gasteiger partial charge in [0.05, 0.1) is 6.10 Å². The Morgan fingerprint density at radius 3 is 1.85 bits per heavy atom. The Kier molecular flexibility index (Phi) is 17.3. The maximum absolute atomic E-state index is 9.65. The van der Waals surface area contributed by atoms with Gasteiger partial charge in [-0.05, 0) is 20.5 Å². The molecule has 0 aliphatic rings. The molecule has 0 spiro atoms. The summed E-state index contributed by atoms with van der Waals surface area (Å²) in [6, 6.07) is 0. The molecule has 0 radical (unpaired) electrons. The van der Waals surface area contributed by atoms with Gasteiger partial charge in [-0.25, -0.2) is 0 Å². The molecule has 122 valence electrons. The van der Waals surface area contributed by atoms with Crippen molar-refractivity contribution in [3.8, 4) is 0 Å². The first kappa shape index (κ1) is 21.4.